The highest BCUT2D eigenvalue weighted by atomic mass is 16.4. The molecule has 0 bridgehead atoms. The van der Waals surface area contributed by atoms with Crippen LogP contribution in [0.25, 0.3) is 0 Å². The first kappa shape index (κ1) is 16.5. The maximum Gasteiger partial charge on any atom is 0.300 e. The van der Waals surface area contributed by atoms with Crippen LogP contribution in [0.15, 0.2) is 35.7 Å². The Balaban J connectivity index is 0. The van der Waals surface area contributed by atoms with Gasteiger partial charge in [0.25, 0.3) is 5.97 Å². The van der Waals surface area contributed by atoms with Gasteiger partial charge >= 0.3 is 0 Å². The monoisotopic (exact) mass is 226 g/mol. The van der Waals surface area contributed by atoms with E-state index in [2.05, 4.69) is 5.10 Å². The standard InChI is InChI=1S/C7H8N2O.C2H4O2.C2H6/c1-7(10)8-9-5-3-2-4-6-9;1-2(3)4;1-2/h2-6H,1H3;1H3,(H,3,4);1-2H3. The average molecular weight is 226 g/mol. The Morgan fingerprint density at radius 3 is 1.88 bits per heavy atom. The first-order valence-corrected chi connectivity index (χ1v) is 4.91. The van der Waals surface area contributed by atoms with Gasteiger partial charge in [0.2, 0.25) is 12.4 Å². The molecular weight excluding hydrogens is 208 g/mol. The van der Waals surface area contributed by atoms with Crippen LogP contribution in [0.3, 0.4) is 0 Å². The van der Waals surface area contributed by atoms with Crippen LogP contribution in [-0.2, 0) is 4.79 Å². The molecule has 16 heavy (non-hydrogen) atoms. The second-order valence-corrected chi connectivity index (χ2v) is 2.39. The summed E-state index contributed by atoms with van der Waals surface area (Å²) in [5, 5.41) is 21.5. The molecule has 0 aliphatic rings. The van der Waals surface area contributed by atoms with Crippen molar-refractivity contribution < 1.29 is 19.7 Å². The van der Waals surface area contributed by atoms with Crippen LogP contribution in [0.2, 0.25) is 0 Å². The molecule has 0 amide bonds. The molecule has 0 spiro atoms. The van der Waals surface area contributed by atoms with Gasteiger partial charge in [-0.3, -0.25) is 4.79 Å². The smallest absolute Gasteiger partial charge is 0.300 e. The molecule has 5 heteroatoms. The van der Waals surface area contributed by atoms with Crippen LogP contribution in [0.5, 0.6) is 0 Å². The zero-order chi connectivity index (χ0) is 13.0. The van der Waals surface area contributed by atoms with E-state index in [-0.39, 0.29) is 5.90 Å². The van der Waals surface area contributed by atoms with Crippen molar-refractivity contribution in [2.45, 2.75) is 27.7 Å². The zero-order valence-corrected chi connectivity index (χ0v) is 10.0. The van der Waals surface area contributed by atoms with Gasteiger partial charge < -0.3 is 10.2 Å². The lowest BCUT2D eigenvalue weighted by molar-refractivity contribution is -0.681. The second-order valence-electron chi connectivity index (χ2n) is 2.39. The summed E-state index contributed by atoms with van der Waals surface area (Å²) in [5.41, 5.74) is 0. The van der Waals surface area contributed by atoms with Gasteiger partial charge in [-0.25, -0.2) is 0 Å². The maximum atomic E-state index is 10.4. The van der Waals surface area contributed by atoms with Crippen molar-refractivity contribution >= 4 is 11.9 Å². The Kier molecular flexibility index (Phi) is 11.5. The van der Waals surface area contributed by atoms with Crippen LogP contribution in [0, 0.1) is 0 Å². The largest absolute Gasteiger partial charge is 0.858 e. The Hall–Kier alpha value is -1.91. The number of rotatable bonds is 1. The number of carboxylic acids is 1. The number of carbonyl (C=O) groups is 1. The molecule has 1 N–H and O–H groups in total. The molecule has 0 saturated carbocycles. The van der Waals surface area contributed by atoms with Gasteiger partial charge in [-0.15, -0.1) is 0 Å². The lowest BCUT2D eigenvalue weighted by Crippen LogP contribution is -2.30. The number of pyridine rings is 1. The average Bonchev–Trinajstić information content (AvgIpc) is 2.20. The summed E-state index contributed by atoms with van der Waals surface area (Å²) < 4.78 is 1.47. The molecule has 0 saturated heterocycles. The minimum atomic E-state index is -0.833. The van der Waals surface area contributed by atoms with E-state index < -0.39 is 5.97 Å². The summed E-state index contributed by atoms with van der Waals surface area (Å²) >= 11 is 0. The summed E-state index contributed by atoms with van der Waals surface area (Å²) in [6.45, 7) is 6.50. The Bertz CT molecular complexity index is 302. The third-order valence-electron chi connectivity index (χ3n) is 0.956. The van der Waals surface area contributed by atoms with Crippen molar-refractivity contribution in [3.05, 3.63) is 30.6 Å². The number of hydrogen-bond donors (Lipinski definition) is 1. The molecule has 0 unspecified atom stereocenters. The quantitative estimate of drug-likeness (QED) is 0.433. The van der Waals surface area contributed by atoms with E-state index in [4.69, 9.17) is 9.90 Å². The third kappa shape index (κ3) is 14.6. The van der Waals surface area contributed by atoms with Crippen LogP contribution in [-0.4, -0.2) is 17.0 Å². The summed E-state index contributed by atoms with van der Waals surface area (Å²) in [4.78, 5) is 9.00. The van der Waals surface area contributed by atoms with Crippen LogP contribution >= 0.6 is 0 Å². The Morgan fingerprint density at radius 1 is 1.19 bits per heavy atom. The van der Waals surface area contributed by atoms with E-state index in [1.807, 2.05) is 32.0 Å². The minimum absolute atomic E-state index is 0.198. The van der Waals surface area contributed by atoms with E-state index in [1.165, 1.54) is 11.6 Å². The van der Waals surface area contributed by atoms with Gasteiger partial charge in [0.1, 0.15) is 0 Å². The number of carboxylic acid groups (broad SMARTS) is 1. The molecule has 90 valence electrons. The molecule has 0 aliphatic heterocycles. The molecule has 5 nitrogen and oxygen atoms in total. The van der Waals surface area contributed by atoms with E-state index in [0.29, 0.717) is 0 Å². The van der Waals surface area contributed by atoms with E-state index in [1.54, 1.807) is 12.4 Å². The lowest BCUT2D eigenvalue weighted by atomic mass is 10.5. The highest BCUT2D eigenvalue weighted by molar-refractivity contribution is 5.67. The van der Waals surface area contributed by atoms with Crippen molar-refractivity contribution in [3.8, 4) is 0 Å². The molecule has 0 aromatic carbocycles. The van der Waals surface area contributed by atoms with Gasteiger partial charge in [0.05, 0.1) is 0 Å². The van der Waals surface area contributed by atoms with E-state index >= 15 is 0 Å². The van der Waals surface area contributed by atoms with Crippen molar-refractivity contribution in [1.82, 2.24) is 0 Å². The van der Waals surface area contributed by atoms with Gasteiger partial charge in [-0.05, 0) is 12.0 Å². The summed E-state index contributed by atoms with van der Waals surface area (Å²) in [6.07, 6.45) is 3.42. The minimum Gasteiger partial charge on any atom is -0.858 e. The summed E-state index contributed by atoms with van der Waals surface area (Å²) in [5.74, 6) is -1.03. The lowest BCUT2D eigenvalue weighted by Gasteiger charge is -1.94. The summed E-state index contributed by atoms with van der Waals surface area (Å²) in [6, 6.07) is 5.49. The number of aliphatic carboxylic acids is 1. The van der Waals surface area contributed by atoms with Gasteiger partial charge in [0.15, 0.2) is 0 Å². The van der Waals surface area contributed by atoms with Crippen LogP contribution in [0.1, 0.15) is 27.7 Å². The molecule has 0 fully saturated rings. The third-order valence-corrected chi connectivity index (χ3v) is 0.956. The van der Waals surface area contributed by atoms with Gasteiger partial charge in [0, 0.05) is 25.0 Å². The SMILES string of the molecule is CC.CC(=O)O.CC([O-])=N[n+]1ccccc1. The normalized spacial score (nSPS) is 9.12. The van der Waals surface area contributed by atoms with Crippen molar-refractivity contribution in [3.63, 3.8) is 0 Å². The highest BCUT2D eigenvalue weighted by Crippen LogP contribution is 1.75. The van der Waals surface area contributed by atoms with Gasteiger partial charge in [-0.1, -0.05) is 24.6 Å². The molecule has 0 atom stereocenters. The van der Waals surface area contributed by atoms with Crippen LogP contribution in [0.4, 0.5) is 0 Å². The highest BCUT2D eigenvalue weighted by Gasteiger charge is 1.88. The molecule has 1 heterocycles. The first-order chi connectivity index (χ1) is 7.52. The summed E-state index contributed by atoms with van der Waals surface area (Å²) in [7, 11) is 0. The molecular formula is C11H18N2O3. The Morgan fingerprint density at radius 2 is 1.56 bits per heavy atom. The van der Waals surface area contributed by atoms with E-state index in [9.17, 15) is 5.11 Å². The topological polar surface area (TPSA) is 76.6 Å². The van der Waals surface area contributed by atoms with Crippen molar-refractivity contribution in [2.75, 3.05) is 0 Å². The Labute approximate surface area is 95.7 Å². The maximum absolute atomic E-state index is 10.4. The molecule has 1 aromatic heterocycles. The van der Waals surface area contributed by atoms with E-state index in [0.717, 1.165) is 6.92 Å². The van der Waals surface area contributed by atoms with Gasteiger partial charge in [-0.2, -0.15) is 0 Å². The number of hydrogen-bond acceptors (Lipinski definition) is 3. The number of aromatic nitrogens is 1. The van der Waals surface area contributed by atoms with Crippen molar-refractivity contribution in [1.29, 1.82) is 0 Å². The molecule has 0 aliphatic carbocycles. The fraction of sp³-hybridized carbons (Fsp3) is 0.364. The fourth-order valence-electron chi connectivity index (χ4n) is 0.619. The van der Waals surface area contributed by atoms with Crippen molar-refractivity contribution in [2.24, 2.45) is 5.10 Å². The first-order valence-electron chi connectivity index (χ1n) is 4.91. The van der Waals surface area contributed by atoms with Crippen LogP contribution < -0.4 is 9.78 Å². The predicted molar refractivity (Wildman–Crippen MR) is 59.8 cm³/mol. The molecule has 0 radical (unpaired) electrons. The molecule has 1 aromatic rings. The zero-order valence-electron chi connectivity index (χ0n) is 10.0. The number of nitrogens with zero attached hydrogens (tertiary/aromatic N) is 2. The second kappa shape index (κ2) is 11.2. The fourth-order valence-corrected chi connectivity index (χ4v) is 0.619. The predicted octanol–water partition coefficient (Wildman–Crippen LogP) is 0.633. The molecule has 1 rings (SSSR count).